The Kier molecular flexibility index (Phi) is 5.23. The van der Waals surface area contributed by atoms with Crippen LogP contribution in [0.3, 0.4) is 0 Å². The van der Waals surface area contributed by atoms with Crippen LogP contribution in [0.1, 0.15) is 17.2 Å². The van der Waals surface area contributed by atoms with Crippen LogP contribution in [-0.2, 0) is 14.4 Å². The average Bonchev–Trinajstić information content (AvgIpc) is 3.31. The first kappa shape index (κ1) is 20.7. The van der Waals surface area contributed by atoms with E-state index in [0.29, 0.717) is 11.4 Å². The maximum Gasteiger partial charge on any atom is 0.266 e. The number of amides is 2. The van der Waals surface area contributed by atoms with E-state index >= 15 is 0 Å². The molecule has 32 heavy (non-hydrogen) atoms. The number of aryl methyl sites for hydroxylation is 1. The third-order valence-corrected chi connectivity index (χ3v) is 6.49. The van der Waals surface area contributed by atoms with Crippen LogP contribution < -0.4 is 14.7 Å². The molecule has 3 unspecified atom stereocenters. The van der Waals surface area contributed by atoms with E-state index in [2.05, 4.69) is 15.9 Å². The minimum Gasteiger partial charge on any atom is -0.496 e. The fourth-order valence-electron chi connectivity index (χ4n) is 4.52. The van der Waals surface area contributed by atoms with E-state index in [1.165, 1.54) is 4.90 Å². The number of hydrogen-bond donors (Lipinski definition) is 0. The van der Waals surface area contributed by atoms with Gasteiger partial charge in [-0.2, -0.15) is 0 Å². The van der Waals surface area contributed by atoms with Crippen LogP contribution in [0.5, 0.6) is 5.75 Å². The Labute approximate surface area is 194 Å². The zero-order valence-corrected chi connectivity index (χ0v) is 19.2. The SMILES string of the molecule is COc1ccc(Br)cc1C1C2C(=O)N(c3ccccc3C)C(=O)C2ON1c1ccccc1. The lowest BCUT2D eigenvalue weighted by atomic mass is 9.90. The summed E-state index contributed by atoms with van der Waals surface area (Å²) in [7, 11) is 1.59. The Morgan fingerprint density at radius 3 is 2.38 bits per heavy atom. The van der Waals surface area contributed by atoms with Gasteiger partial charge in [-0.15, -0.1) is 0 Å². The molecule has 2 aliphatic heterocycles. The molecule has 0 radical (unpaired) electrons. The number of benzene rings is 3. The molecule has 3 aromatic carbocycles. The van der Waals surface area contributed by atoms with Gasteiger partial charge in [0.05, 0.1) is 24.5 Å². The van der Waals surface area contributed by atoms with E-state index in [9.17, 15) is 9.59 Å². The van der Waals surface area contributed by atoms with E-state index in [1.807, 2.05) is 73.7 Å². The van der Waals surface area contributed by atoms with Gasteiger partial charge in [0.25, 0.3) is 5.91 Å². The number of nitrogens with zero attached hydrogens (tertiary/aromatic N) is 2. The van der Waals surface area contributed by atoms with Crippen molar-refractivity contribution < 1.29 is 19.2 Å². The van der Waals surface area contributed by atoms with Crippen molar-refractivity contribution in [2.45, 2.75) is 19.1 Å². The molecule has 2 saturated heterocycles. The average molecular weight is 493 g/mol. The maximum absolute atomic E-state index is 13.7. The van der Waals surface area contributed by atoms with Crippen molar-refractivity contribution in [3.05, 3.63) is 88.4 Å². The van der Waals surface area contributed by atoms with Gasteiger partial charge in [0.1, 0.15) is 11.7 Å². The number of halogens is 1. The first-order chi connectivity index (χ1) is 15.5. The van der Waals surface area contributed by atoms with Crippen molar-refractivity contribution in [3.8, 4) is 5.75 Å². The number of imide groups is 1. The summed E-state index contributed by atoms with van der Waals surface area (Å²) in [4.78, 5) is 34.7. The molecule has 0 aromatic heterocycles. The summed E-state index contributed by atoms with van der Waals surface area (Å²) in [5, 5.41) is 1.67. The molecule has 6 nitrogen and oxygen atoms in total. The molecular formula is C25H21BrN2O4. The zero-order valence-electron chi connectivity index (χ0n) is 17.6. The first-order valence-electron chi connectivity index (χ1n) is 10.3. The number of ether oxygens (including phenoxy) is 1. The van der Waals surface area contributed by atoms with E-state index in [-0.39, 0.29) is 11.8 Å². The smallest absolute Gasteiger partial charge is 0.266 e. The normalized spacial score (nSPS) is 22.4. The van der Waals surface area contributed by atoms with Crippen molar-refractivity contribution in [3.63, 3.8) is 0 Å². The van der Waals surface area contributed by atoms with Crippen molar-refractivity contribution >= 4 is 39.1 Å². The van der Waals surface area contributed by atoms with Crippen LogP contribution in [0.25, 0.3) is 0 Å². The number of carbonyl (C=O) groups is 2. The Morgan fingerprint density at radius 1 is 0.938 bits per heavy atom. The van der Waals surface area contributed by atoms with Crippen LogP contribution in [-0.4, -0.2) is 25.0 Å². The summed E-state index contributed by atoms with van der Waals surface area (Å²) < 4.78 is 6.47. The van der Waals surface area contributed by atoms with Gasteiger partial charge in [-0.1, -0.05) is 52.3 Å². The summed E-state index contributed by atoms with van der Waals surface area (Å²) in [6.07, 6.45) is -0.920. The standard InChI is InChI=1S/C25H21BrN2O4/c1-15-8-6-7-11-19(15)27-24(29)21-22(18-14-16(26)12-13-20(18)31-2)28(32-23(21)25(27)30)17-9-4-3-5-10-17/h3-14,21-23H,1-2H3. The van der Waals surface area contributed by atoms with E-state index < -0.39 is 18.1 Å². The molecule has 0 aliphatic carbocycles. The summed E-state index contributed by atoms with van der Waals surface area (Å²) in [6, 6.07) is 22.0. The van der Waals surface area contributed by atoms with Crippen LogP contribution in [0.4, 0.5) is 11.4 Å². The van der Waals surface area contributed by atoms with Gasteiger partial charge in [0.15, 0.2) is 6.10 Å². The molecule has 2 fully saturated rings. The quantitative estimate of drug-likeness (QED) is 0.488. The van der Waals surface area contributed by atoms with Crippen molar-refractivity contribution in [1.29, 1.82) is 0 Å². The van der Waals surface area contributed by atoms with Gasteiger partial charge in [0.2, 0.25) is 5.91 Å². The minimum absolute atomic E-state index is 0.278. The van der Waals surface area contributed by atoms with Crippen LogP contribution in [0.2, 0.25) is 0 Å². The largest absolute Gasteiger partial charge is 0.496 e. The predicted octanol–water partition coefficient (Wildman–Crippen LogP) is 4.82. The molecule has 0 saturated carbocycles. The molecule has 162 valence electrons. The van der Waals surface area contributed by atoms with Crippen LogP contribution in [0.15, 0.2) is 77.3 Å². The highest BCUT2D eigenvalue weighted by Gasteiger charge is 2.60. The van der Waals surface area contributed by atoms with Gasteiger partial charge in [-0.05, 0) is 48.9 Å². The summed E-state index contributed by atoms with van der Waals surface area (Å²) >= 11 is 3.53. The number of rotatable bonds is 4. The molecule has 2 aliphatic rings. The number of hydroxylamine groups is 1. The van der Waals surface area contributed by atoms with Gasteiger partial charge >= 0.3 is 0 Å². The Hall–Kier alpha value is -3.16. The van der Waals surface area contributed by atoms with Gasteiger partial charge in [-0.3, -0.25) is 14.4 Å². The number of anilines is 2. The molecule has 0 spiro atoms. The molecule has 0 N–H and O–H groups in total. The summed E-state index contributed by atoms with van der Waals surface area (Å²) in [5.74, 6) is -0.727. The van der Waals surface area contributed by atoms with Gasteiger partial charge in [0, 0.05) is 10.0 Å². The number of hydrogen-bond acceptors (Lipinski definition) is 5. The predicted molar refractivity (Wildman–Crippen MR) is 124 cm³/mol. The third-order valence-electron chi connectivity index (χ3n) is 5.99. The second-order valence-corrected chi connectivity index (χ2v) is 8.76. The minimum atomic E-state index is -0.920. The van der Waals surface area contributed by atoms with E-state index in [0.717, 1.165) is 21.3 Å². The topological polar surface area (TPSA) is 59.1 Å². The van der Waals surface area contributed by atoms with Crippen molar-refractivity contribution in [1.82, 2.24) is 0 Å². The zero-order chi connectivity index (χ0) is 22.4. The van der Waals surface area contributed by atoms with E-state index in [4.69, 9.17) is 9.57 Å². The fraction of sp³-hybridized carbons (Fsp3) is 0.200. The lowest BCUT2D eigenvalue weighted by molar-refractivity contribution is -0.126. The number of carbonyl (C=O) groups excluding carboxylic acids is 2. The molecule has 3 aromatic rings. The Bertz CT molecular complexity index is 1200. The van der Waals surface area contributed by atoms with Gasteiger partial charge in [-0.25, -0.2) is 9.96 Å². The Morgan fingerprint density at radius 2 is 1.66 bits per heavy atom. The fourth-order valence-corrected chi connectivity index (χ4v) is 4.90. The molecule has 7 heteroatoms. The first-order valence-corrected chi connectivity index (χ1v) is 11.1. The third kappa shape index (κ3) is 3.20. The number of para-hydroxylation sites is 2. The highest BCUT2D eigenvalue weighted by atomic mass is 79.9. The highest BCUT2D eigenvalue weighted by Crippen LogP contribution is 2.50. The summed E-state index contributed by atoms with van der Waals surface area (Å²) in [5.41, 5.74) is 2.97. The van der Waals surface area contributed by atoms with E-state index in [1.54, 1.807) is 18.2 Å². The van der Waals surface area contributed by atoms with Gasteiger partial charge < -0.3 is 4.74 Å². The Balaban J connectivity index is 1.65. The molecule has 2 heterocycles. The molecule has 0 bridgehead atoms. The van der Waals surface area contributed by atoms with Crippen LogP contribution in [0, 0.1) is 12.8 Å². The summed E-state index contributed by atoms with van der Waals surface area (Å²) in [6.45, 7) is 1.88. The number of fused-ring (bicyclic) bond motifs is 1. The molecule has 2 amide bonds. The molecule has 5 rings (SSSR count). The maximum atomic E-state index is 13.7. The van der Waals surface area contributed by atoms with Crippen molar-refractivity contribution in [2.24, 2.45) is 5.92 Å². The molecular weight excluding hydrogens is 472 g/mol. The lowest BCUT2D eigenvalue weighted by Crippen LogP contribution is -2.37. The lowest BCUT2D eigenvalue weighted by Gasteiger charge is -2.30. The highest BCUT2D eigenvalue weighted by molar-refractivity contribution is 9.10. The second-order valence-electron chi connectivity index (χ2n) is 7.84. The van der Waals surface area contributed by atoms with Crippen LogP contribution >= 0.6 is 15.9 Å². The second kappa shape index (κ2) is 8.07. The van der Waals surface area contributed by atoms with Crippen molar-refractivity contribution in [2.75, 3.05) is 17.1 Å². The monoisotopic (exact) mass is 492 g/mol. The number of methoxy groups -OCH3 is 1. The molecule has 3 atom stereocenters.